The SMILES string of the molecule is C=CCOc1ccc(C2C(C(=O)OCc3ccccc3)=C(C)N=c3s/c(=C\c4cccc([N+](=O)[O-])c4)c(=O)n32)cc1OC. The number of ether oxygens (including phenoxy) is 3. The normalized spacial score (nSPS) is 14.5. The second kappa shape index (κ2) is 12.7. The van der Waals surface area contributed by atoms with Crippen LogP contribution in [0.15, 0.2) is 107 Å². The monoisotopic (exact) mass is 597 g/mol. The molecular weight excluding hydrogens is 570 g/mol. The Morgan fingerprint density at radius 2 is 1.91 bits per heavy atom. The number of rotatable bonds is 10. The van der Waals surface area contributed by atoms with Gasteiger partial charge in [-0.1, -0.05) is 72.5 Å². The zero-order valence-corrected chi connectivity index (χ0v) is 24.2. The van der Waals surface area contributed by atoms with E-state index in [-0.39, 0.29) is 24.5 Å². The summed E-state index contributed by atoms with van der Waals surface area (Å²) in [7, 11) is 1.50. The Hall–Kier alpha value is -5.29. The number of fused-ring (bicyclic) bond motifs is 1. The van der Waals surface area contributed by atoms with Gasteiger partial charge in [-0.15, -0.1) is 0 Å². The number of nitro groups is 1. The Morgan fingerprint density at radius 1 is 1.12 bits per heavy atom. The number of benzene rings is 3. The highest BCUT2D eigenvalue weighted by molar-refractivity contribution is 7.07. The van der Waals surface area contributed by atoms with Crippen molar-refractivity contribution in [1.82, 2.24) is 4.57 Å². The lowest BCUT2D eigenvalue weighted by atomic mass is 9.95. The van der Waals surface area contributed by atoms with Crippen molar-refractivity contribution >= 4 is 29.1 Å². The lowest BCUT2D eigenvalue weighted by Crippen LogP contribution is -2.39. The van der Waals surface area contributed by atoms with Gasteiger partial charge in [-0.25, -0.2) is 9.79 Å². The van der Waals surface area contributed by atoms with Gasteiger partial charge in [0.15, 0.2) is 16.3 Å². The van der Waals surface area contributed by atoms with Crippen LogP contribution in [0.4, 0.5) is 5.69 Å². The Kier molecular flexibility index (Phi) is 8.63. The van der Waals surface area contributed by atoms with Crippen LogP contribution < -0.4 is 24.4 Å². The molecule has 10 nitrogen and oxygen atoms in total. The van der Waals surface area contributed by atoms with Gasteiger partial charge in [0.05, 0.1) is 33.9 Å². The first-order valence-corrected chi connectivity index (χ1v) is 14.0. The maximum absolute atomic E-state index is 13.9. The topological polar surface area (TPSA) is 122 Å². The summed E-state index contributed by atoms with van der Waals surface area (Å²) in [5.74, 6) is 0.261. The molecule has 11 heteroatoms. The highest BCUT2D eigenvalue weighted by Crippen LogP contribution is 2.36. The number of thiazole rings is 1. The minimum atomic E-state index is -0.894. The number of esters is 1. The van der Waals surface area contributed by atoms with Crippen LogP contribution in [0.3, 0.4) is 0 Å². The molecule has 0 amide bonds. The van der Waals surface area contributed by atoms with E-state index in [1.54, 1.807) is 49.4 Å². The molecule has 1 atom stereocenters. The molecule has 1 aromatic heterocycles. The minimum Gasteiger partial charge on any atom is -0.493 e. The Labute approximate surface area is 250 Å². The van der Waals surface area contributed by atoms with E-state index in [4.69, 9.17) is 14.2 Å². The summed E-state index contributed by atoms with van der Waals surface area (Å²) < 4.78 is 18.7. The van der Waals surface area contributed by atoms with Crippen LogP contribution in [-0.4, -0.2) is 29.2 Å². The lowest BCUT2D eigenvalue weighted by molar-refractivity contribution is -0.384. The van der Waals surface area contributed by atoms with Crippen molar-refractivity contribution in [3.05, 3.63) is 143 Å². The van der Waals surface area contributed by atoms with E-state index in [1.807, 2.05) is 30.3 Å². The summed E-state index contributed by atoms with van der Waals surface area (Å²) in [6, 6.07) is 19.6. The van der Waals surface area contributed by atoms with Crippen LogP contribution in [0.1, 0.15) is 29.7 Å². The molecular formula is C32H27N3O7S. The van der Waals surface area contributed by atoms with E-state index in [2.05, 4.69) is 11.6 Å². The van der Waals surface area contributed by atoms with Gasteiger partial charge in [-0.2, -0.15) is 0 Å². The predicted octanol–water partition coefficient (Wildman–Crippen LogP) is 4.46. The van der Waals surface area contributed by atoms with Crippen molar-refractivity contribution in [3.63, 3.8) is 0 Å². The van der Waals surface area contributed by atoms with Crippen LogP contribution in [-0.2, 0) is 16.1 Å². The standard InChI is InChI=1S/C32H27N3O7S/c1-4-15-41-25-14-13-23(18-26(25)40-3)29-28(31(37)42-19-21-9-6-5-7-10-21)20(2)33-32-34(29)30(36)27(43-32)17-22-11-8-12-24(16-22)35(38)39/h4-14,16-18,29H,1,15,19H2,2-3H3/b27-17-. The molecule has 4 aromatic rings. The summed E-state index contributed by atoms with van der Waals surface area (Å²) in [6.07, 6.45) is 3.19. The largest absolute Gasteiger partial charge is 0.493 e. The number of hydrogen-bond acceptors (Lipinski definition) is 9. The highest BCUT2D eigenvalue weighted by Gasteiger charge is 2.34. The maximum Gasteiger partial charge on any atom is 0.338 e. The molecule has 218 valence electrons. The molecule has 0 saturated heterocycles. The summed E-state index contributed by atoms with van der Waals surface area (Å²) in [4.78, 5) is 43.4. The zero-order valence-electron chi connectivity index (χ0n) is 23.4. The fraction of sp³-hybridized carbons (Fsp3) is 0.156. The minimum absolute atomic E-state index is 0.0397. The Bertz CT molecular complexity index is 1930. The third-order valence-corrected chi connectivity index (χ3v) is 7.68. The average Bonchev–Trinajstić information content (AvgIpc) is 3.32. The quantitative estimate of drug-likeness (QED) is 0.115. The third kappa shape index (κ3) is 6.16. The van der Waals surface area contributed by atoms with Crippen LogP contribution in [0.2, 0.25) is 0 Å². The van der Waals surface area contributed by atoms with Crippen molar-refractivity contribution in [2.75, 3.05) is 13.7 Å². The van der Waals surface area contributed by atoms with Gasteiger partial charge in [0.2, 0.25) is 0 Å². The van der Waals surface area contributed by atoms with Crippen molar-refractivity contribution in [3.8, 4) is 11.5 Å². The van der Waals surface area contributed by atoms with Crippen molar-refractivity contribution in [2.24, 2.45) is 4.99 Å². The fourth-order valence-electron chi connectivity index (χ4n) is 4.70. The van der Waals surface area contributed by atoms with Gasteiger partial charge >= 0.3 is 5.97 Å². The third-order valence-electron chi connectivity index (χ3n) is 6.69. The van der Waals surface area contributed by atoms with E-state index >= 15 is 0 Å². The number of carbonyl (C=O) groups is 1. The van der Waals surface area contributed by atoms with Crippen LogP contribution in [0.25, 0.3) is 6.08 Å². The molecule has 0 N–H and O–H groups in total. The first kappa shape index (κ1) is 29.2. The van der Waals surface area contributed by atoms with Gasteiger partial charge in [-0.3, -0.25) is 19.5 Å². The van der Waals surface area contributed by atoms with Gasteiger partial charge < -0.3 is 14.2 Å². The molecule has 43 heavy (non-hydrogen) atoms. The van der Waals surface area contributed by atoms with Gasteiger partial charge in [-0.05, 0) is 41.8 Å². The molecule has 0 bridgehead atoms. The first-order valence-electron chi connectivity index (χ1n) is 13.2. The smallest absolute Gasteiger partial charge is 0.338 e. The molecule has 0 spiro atoms. The van der Waals surface area contributed by atoms with E-state index in [1.165, 1.54) is 23.8 Å². The number of nitrogens with zero attached hydrogens (tertiary/aromatic N) is 3. The number of allylic oxidation sites excluding steroid dienone is 1. The van der Waals surface area contributed by atoms with Crippen molar-refractivity contribution in [1.29, 1.82) is 0 Å². The van der Waals surface area contributed by atoms with E-state index in [0.29, 0.717) is 37.7 Å². The predicted molar refractivity (Wildman–Crippen MR) is 162 cm³/mol. The molecule has 5 rings (SSSR count). The Morgan fingerprint density at radius 3 is 2.63 bits per heavy atom. The molecule has 1 aliphatic heterocycles. The summed E-state index contributed by atoms with van der Waals surface area (Å²) in [5, 5.41) is 11.3. The van der Waals surface area contributed by atoms with Crippen LogP contribution >= 0.6 is 11.3 Å². The second-order valence-corrected chi connectivity index (χ2v) is 10.5. The van der Waals surface area contributed by atoms with Crippen molar-refractivity contribution < 1.29 is 23.9 Å². The molecule has 0 aliphatic carbocycles. The van der Waals surface area contributed by atoms with Gasteiger partial charge in [0, 0.05) is 12.1 Å². The van der Waals surface area contributed by atoms with E-state index in [9.17, 15) is 19.7 Å². The van der Waals surface area contributed by atoms with Gasteiger partial charge in [0.25, 0.3) is 11.2 Å². The number of hydrogen-bond donors (Lipinski definition) is 0. The van der Waals surface area contributed by atoms with E-state index in [0.717, 1.165) is 16.9 Å². The molecule has 1 unspecified atom stereocenters. The summed E-state index contributed by atoms with van der Waals surface area (Å²) >= 11 is 1.13. The molecule has 2 heterocycles. The number of carbonyl (C=O) groups excluding carboxylic acids is 1. The Balaban J connectivity index is 1.64. The summed E-state index contributed by atoms with van der Waals surface area (Å²) in [6.45, 7) is 5.67. The molecule has 0 saturated carbocycles. The highest BCUT2D eigenvalue weighted by atomic mass is 32.1. The molecule has 3 aromatic carbocycles. The summed E-state index contributed by atoms with van der Waals surface area (Å²) in [5.41, 5.74) is 1.97. The lowest BCUT2D eigenvalue weighted by Gasteiger charge is -2.25. The van der Waals surface area contributed by atoms with Gasteiger partial charge in [0.1, 0.15) is 13.2 Å². The van der Waals surface area contributed by atoms with Crippen molar-refractivity contribution in [2.45, 2.75) is 19.6 Å². The van der Waals surface area contributed by atoms with E-state index < -0.39 is 22.5 Å². The number of non-ortho nitro benzene ring substituents is 1. The van der Waals surface area contributed by atoms with Crippen LogP contribution in [0, 0.1) is 10.1 Å². The number of aromatic nitrogens is 1. The number of methoxy groups -OCH3 is 1. The van der Waals surface area contributed by atoms with Crippen LogP contribution in [0.5, 0.6) is 11.5 Å². The molecule has 0 fully saturated rings. The zero-order chi connectivity index (χ0) is 30.5. The molecule has 1 aliphatic rings. The fourth-order valence-corrected chi connectivity index (χ4v) is 5.75. The average molecular weight is 598 g/mol. The first-order chi connectivity index (χ1) is 20.8. The number of nitro benzene ring substituents is 1. The molecule has 0 radical (unpaired) electrons. The maximum atomic E-state index is 13.9. The second-order valence-electron chi connectivity index (χ2n) is 9.51.